The molecule has 0 aromatic rings. The van der Waals surface area contributed by atoms with Crippen LogP contribution >= 0.6 is 0 Å². The van der Waals surface area contributed by atoms with E-state index in [4.69, 9.17) is 14.2 Å². The number of halogens is 2. The maximum atomic E-state index is 17.4. The van der Waals surface area contributed by atoms with Gasteiger partial charge in [-0.15, -0.1) is 0 Å². The number of ether oxygens (including phenoxy) is 3. The molecule has 2 saturated heterocycles. The van der Waals surface area contributed by atoms with Crippen LogP contribution < -0.4 is 5.32 Å². The van der Waals surface area contributed by atoms with Gasteiger partial charge in [-0.3, -0.25) is 9.59 Å². The number of aliphatic hydroxyl groups excluding tert-OH is 1. The molecule has 0 aromatic carbocycles. The predicted molar refractivity (Wildman–Crippen MR) is 124 cm³/mol. The Balaban J connectivity index is 1.44. The van der Waals surface area contributed by atoms with Crippen molar-refractivity contribution in [1.82, 2.24) is 5.32 Å². The van der Waals surface area contributed by atoms with E-state index < -0.39 is 81.8 Å². The summed E-state index contributed by atoms with van der Waals surface area (Å²) < 4.78 is 50.7. The van der Waals surface area contributed by atoms with Gasteiger partial charge >= 0.3 is 5.97 Å². The average Bonchev–Trinajstić information content (AvgIpc) is 3.41. The topological polar surface area (TPSA) is 111 Å². The lowest BCUT2D eigenvalue weighted by Crippen LogP contribution is -2.71. The van der Waals surface area contributed by atoms with E-state index in [2.05, 4.69) is 5.32 Å². The van der Waals surface area contributed by atoms with E-state index in [9.17, 15) is 19.5 Å². The van der Waals surface area contributed by atoms with Crippen molar-refractivity contribution in [3.63, 3.8) is 0 Å². The van der Waals surface area contributed by atoms with Crippen LogP contribution in [0.2, 0.25) is 0 Å². The number of nitrogens with one attached hydrogen (secondary N) is 1. The van der Waals surface area contributed by atoms with E-state index in [1.807, 2.05) is 0 Å². The normalized spacial score (nSPS) is 51.5. The number of alkyl halides is 2. The van der Waals surface area contributed by atoms with Gasteiger partial charge in [-0.25, -0.2) is 13.6 Å². The van der Waals surface area contributed by atoms with Crippen LogP contribution in [0.4, 0.5) is 8.78 Å². The number of cyclic esters (lactones) is 1. The fourth-order valence-corrected chi connectivity index (χ4v) is 8.59. The monoisotopic (exact) mass is 521 g/mol. The maximum Gasteiger partial charge on any atom is 0.328 e. The van der Waals surface area contributed by atoms with Crippen LogP contribution in [0.15, 0.2) is 23.8 Å². The number of amides is 1. The Morgan fingerprint density at radius 1 is 1.16 bits per heavy atom. The van der Waals surface area contributed by atoms with E-state index >= 15 is 8.78 Å². The molecule has 37 heavy (non-hydrogen) atoms. The Morgan fingerprint density at radius 3 is 2.57 bits per heavy atom. The van der Waals surface area contributed by atoms with Crippen LogP contribution in [0.1, 0.15) is 53.4 Å². The number of carbonyl (C=O) groups is 3. The lowest BCUT2D eigenvalue weighted by atomic mass is 9.44. The van der Waals surface area contributed by atoms with Gasteiger partial charge in [-0.1, -0.05) is 13.0 Å². The van der Waals surface area contributed by atoms with Gasteiger partial charge in [0.25, 0.3) is 5.91 Å². The lowest BCUT2D eigenvalue weighted by molar-refractivity contribution is -0.249. The van der Waals surface area contributed by atoms with Gasteiger partial charge in [0, 0.05) is 23.2 Å². The van der Waals surface area contributed by atoms with Crippen molar-refractivity contribution < 1.29 is 42.5 Å². The minimum absolute atomic E-state index is 0.0421. The highest BCUT2D eigenvalue weighted by molar-refractivity contribution is 6.01. The third kappa shape index (κ3) is 2.95. The summed E-state index contributed by atoms with van der Waals surface area (Å²) in [6.07, 6.45) is -0.0456. The largest absolute Gasteiger partial charge is 0.464 e. The minimum Gasteiger partial charge on any atom is -0.464 e. The summed E-state index contributed by atoms with van der Waals surface area (Å²) in [5.41, 5.74) is -6.52. The van der Waals surface area contributed by atoms with Crippen molar-refractivity contribution >= 4 is 17.7 Å². The number of aliphatic hydroxyl groups is 1. The molecule has 3 saturated carbocycles. The van der Waals surface area contributed by atoms with Crippen molar-refractivity contribution in [3.8, 4) is 0 Å². The molecule has 6 rings (SSSR count). The Morgan fingerprint density at radius 2 is 1.89 bits per heavy atom. The fraction of sp³-hybridized carbons (Fsp3) is 0.741. The Labute approximate surface area is 213 Å². The van der Waals surface area contributed by atoms with Crippen molar-refractivity contribution in [2.45, 2.75) is 94.9 Å². The molecule has 5 fully saturated rings. The second-order valence-electron chi connectivity index (χ2n) is 12.4. The molecule has 8 nitrogen and oxygen atoms in total. The molecule has 10 atom stereocenters. The predicted octanol–water partition coefficient (Wildman–Crippen LogP) is 2.24. The summed E-state index contributed by atoms with van der Waals surface area (Å²) in [7, 11) is 0. The number of rotatable bonds is 2. The number of hydrogen-bond acceptors (Lipinski definition) is 7. The lowest BCUT2D eigenvalue weighted by Gasteiger charge is -2.63. The molecule has 202 valence electrons. The highest BCUT2D eigenvalue weighted by Crippen LogP contribution is 2.72. The molecule has 1 unspecified atom stereocenters. The van der Waals surface area contributed by atoms with Crippen molar-refractivity contribution in [3.05, 3.63) is 23.8 Å². The van der Waals surface area contributed by atoms with Crippen LogP contribution in [0.25, 0.3) is 0 Å². The minimum atomic E-state index is -2.27. The van der Waals surface area contributed by atoms with Crippen LogP contribution in [-0.2, 0) is 28.6 Å². The zero-order chi connectivity index (χ0) is 26.8. The first-order valence-corrected chi connectivity index (χ1v) is 13.0. The molecular formula is C27H33F2NO7. The summed E-state index contributed by atoms with van der Waals surface area (Å²) >= 11 is 0. The van der Waals surface area contributed by atoms with Crippen LogP contribution in [0, 0.1) is 22.7 Å². The summed E-state index contributed by atoms with van der Waals surface area (Å²) in [4.78, 5) is 38.2. The number of fused-ring (bicyclic) bond motifs is 7. The molecule has 2 N–H and O–H groups in total. The van der Waals surface area contributed by atoms with E-state index in [-0.39, 0.29) is 31.4 Å². The van der Waals surface area contributed by atoms with Crippen LogP contribution in [0.3, 0.4) is 0 Å². The number of esters is 1. The average molecular weight is 522 g/mol. The molecule has 10 heteroatoms. The van der Waals surface area contributed by atoms with Crippen molar-refractivity contribution in [2.24, 2.45) is 22.7 Å². The summed E-state index contributed by atoms with van der Waals surface area (Å²) in [5.74, 6) is -4.22. The zero-order valence-corrected chi connectivity index (χ0v) is 21.4. The Bertz CT molecular complexity index is 1150. The van der Waals surface area contributed by atoms with Crippen molar-refractivity contribution in [2.75, 3.05) is 6.61 Å². The molecule has 6 aliphatic rings. The van der Waals surface area contributed by atoms with Gasteiger partial charge in [0.1, 0.15) is 12.2 Å². The smallest absolute Gasteiger partial charge is 0.328 e. The highest BCUT2D eigenvalue weighted by Gasteiger charge is 2.81. The molecule has 2 aliphatic heterocycles. The van der Waals surface area contributed by atoms with E-state index in [0.29, 0.717) is 6.42 Å². The first kappa shape index (κ1) is 25.1. The third-order valence-electron chi connectivity index (χ3n) is 10.2. The Hall–Kier alpha value is -2.17. The molecule has 0 aromatic heterocycles. The van der Waals surface area contributed by atoms with Gasteiger partial charge in [-0.2, -0.15) is 0 Å². The van der Waals surface area contributed by atoms with E-state index in [1.54, 1.807) is 20.8 Å². The number of allylic oxidation sites excluding steroid dienone is 4. The van der Waals surface area contributed by atoms with Gasteiger partial charge in [0.05, 0.1) is 18.8 Å². The highest BCUT2D eigenvalue weighted by atomic mass is 19.1. The Kier molecular flexibility index (Phi) is 5.08. The fourth-order valence-electron chi connectivity index (χ4n) is 8.59. The molecule has 0 bridgehead atoms. The molecule has 0 spiro atoms. The van der Waals surface area contributed by atoms with E-state index in [1.165, 1.54) is 19.1 Å². The second kappa shape index (κ2) is 7.48. The first-order chi connectivity index (χ1) is 17.2. The maximum absolute atomic E-state index is 17.4. The zero-order valence-electron chi connectivity index (χ0n) is 21.4. The third-order valence-corrected chi connectivity index (χ3v) is 10.2. The van der Waals surface area contributed by atoms with E-state index in [0.717, 1.165) is 6.08 Å². The van der Waals surface area contributed by atoms with Crippen molar-refractivity contribution in [1.29, 1.82) is 0 Å². The summed E-state index contributed by atoms with van der Waals surface area (Å²) in [5, 5.41) is 14.3. The summed E-state index contributed by atoms with van der Waals surface area (Å²) in [6.45, 7) is 6.87. The molecule has 0 radical (unpaired) electrons. The van der Waals surface area contributed by atoms with Gasteiger partial charge in [0.15, 0.2) is 22.8 Å². The molecule has 2 heterocycles. The first-order valence-electron chi connectivity index (χ1n) is 13.0. The van der Waals surface area contributed by atoms with Crippen LogP contribution in [0.5, 0.6) is 0 Å². The van der Waals surface area contributed by atoms with Gasteiger partial charge in [0.2, 0.25) is 0 Å². The number of hydrogen-bond donors (Lipinski definition) is 2. The molecule has 4 aliphatic carbocycles. The number of carbonyl (C=O) groups excluding carboxylic acids is 3. The molecule has 1 amide bonds. The van der Waals surface area contributed by atoms with Gasteiger partial charge < -0.3 is 24.6 Å². The molecular weight excluding hydrogens is 488 g/mol. The quantitative estimate of drug-likeness (QED) is 0.536. The SMILES string of the molecule is CC1(C)O[C@@H]2C[C@H]3[C@@H]4C[C@H](F)C5=CC(=O)C=C[C@]5(C)[C@@]4(F)[C@@H](O)C[C@]3(C)[C@]2(C(=O)NC2CCOC2=O)O1. The van der Waals surface area contributed by atoms with Crippen LogP contribution in [-0.4, -0.2) is 70.9 Å². The number of ketones is 1. The van der Waals surface area contributed by atoms with Gasteiger partial charge in [-0.05, 0) is 63.7 Å². The standard InChI is InChI=1S/C27H33F2NO7/c1-23(2)36-20-11-14-15-10-17(28)16-9-13(31)5-7-24(16,3)26(15,29)19(32)12-25(14,4)27(20,37-23)22(34)30-18-6-8-35-21(18)33/h5,7,9,14-15,17-20,32H,6,8,10-12H2,1-4H3,(H,30,34)/t14-,15-,17-,18?,19-,20+,24-,25-,26-,27-/m0/s1. The second-order valence-corrected chi connectivity index (χ2v) is 12.4. The summed E-state index contributed by atoms with van der Waals surface area (Å²) in [6, 6.07) is -0.840.